The third kappa shape index (κ3) is 2.19. The van der Waals surface area contributed by atoms with Gasteiger partial charge in [0.25, 0.3) is 0 Å². The van der Waals surface area contributed by atoms with E-state index in [1.54, 1.807) is 18.2 Å². The van der Waals surface area contributed by atoms with Gasteiger partial charge in [-0.05, 0) is 12.1 Å². The van der Waals surface area contributed by atoms with Crippen LogP contribution >= 0.6 is 0 Å². The fourth-order valence-corrected chi connectivity index (χ4v) is 0.995. The van der Waals surface area contributed by atoms with Crippen molar-refractivity contribution in [3.63, 3.8) is 0 Å². The molecule has 1 aromatic carbocycles. The summed E-state index contributed by atoms with van der Waals surface area (Å²) in [6.45, 7) is 0. The Morgan fingerprint density at radius 1 is 1.13 bits per heavy atom. The number of para-hydroxylation sites is 2. The molecule has 0 aliphatic carbocycles. The summed E-state index contributed by atoms with van der Waals surface area (Å²) in [7, 11) is 0. The molecule has 0 unspecified atom stereocenters. The number of hydrogen-bond donors (Lipinski definition) is 1. The van der Waals surface area contributed by atoms with Crippen LogP contribution in [0.25, 0.3) is 0 Å². The number of benzene rings is 1. The van der Waals surface area contributed by atoms with E-state index < -0.39 is 5.82 Å². The molecular weight excluding hydrogens is 199 g/mol. The predicted molar refractivity (Wildman–Crippen MR) is 50.2 cm³/mol. The standard InChI is InChI=1S/C10H7FN2O2/c11-7-5-12-10(13-6-7)15-9-4-2-1-3-8(9)14/h1-6,14H. The lowest BCUT2D eigenvalue weighted by Crippen LogP contribution is -1.92. The van der Waals surface area contributed by atoms with Gasteiger partial charge in [-0.1, -0.05) is 12.1 Å². The summed E-state index contributed by atoms with van der Waals surface area (Å²) in [6.07, 6.45) is 1.98. The van der Waals surface area contributed by atoms with Gasteiger partial charge in [-0.15, -0.1) is 0 Å². The summed E-state index contributed by atoms with van der Waals surface area (Å²) in [5.41, 5.74) is 0. The number of phenols is 1. The number of phenolic OH excluding ortho intramolecular Hbond substituents is 1. The fraction of sp³-hybridized carbons (Fsp3) is 0. The minimum Gasteiger partial charge on any atom is -0.504 e. The Balaban J connectivity index is 2.22. The number of nitrogens with zero attached hydrogens (tertiary/aromatic N) is 2. The van der Waals surface area contributed by atoms with Crippen molar-refractivity contribution in [1.82, 2.24) is 9.97 Å². The summed E-state index contributed by atoms with van der Waals surface area (Å²) >= 11 is 0. The minimum absolute atomic E-state index is 0.0158. The van der Waals surface area contributed by atoms with Gasteiger partial charge in [0, 0.05) is 0 Å². The molecule has 0 saturated heterocycles. The van der Waals surface area contributed by atoms with Crippen LogP contribution in [-0.2, 0) is 0 Å². The van der Waals surface area contributed by atoms with Crippen LogP contribution < -0.4 is 4.74 Å². The number of aromatic hydroxyl groups is 1. The Labute approximate surface area is 85.0 Å². The van der Waals surface area contributed by atoms with E-state index in [0.29, 0.717) is 0 Å². The highest BCUT2D eigenvalue weighted by molar-refractivity contribution is 5.39. The van der Waals surface area contributed by atoms with Crippen LogP contribution in [0.3, 0.4) is 0 Å². The van der Waals surface area contributed by atoms with Gasteiger partial charge in [0.15, 0.2) is 17.3 Å². The van der Waals surface area contributed by atoms with Gasteiger partial charge in [0.05, 0.1) is 12.4 Å². The van der Waals surface area contributed by atoms with Crippen LogP contribution in [0.15, 0.2) is 36.7 Å². The highest BCUT2D eigenvalue weighted by Gasteiger charge is 2.04. The zero-order valence-electron chi connectivity index (χ0n) is 7.59. The van der Waals surface area contributed by atoms with Crippen molar-refractivity contribution in [1.29, 1.82) is 0 Å². The van der Waals surface area contributed by atoms with Crippen molar-refractivity contribution < 1.29 is 14.2 Å². The Bertz CT molecular complexity index is 459. The zero-order valence-corrected chi connectivity index (χ0v) is 7.59. The Kier molecular flexibility index (Phi) is 2.45. The molecule has 0 aliphatic heterocycles. The lowest BCUT2D eigenvalue weighted by Gasteiger charge is -2.04. The van der Waals surface area contributed by atoms with Gasteiger partial charge < -0.3 is 9.84 Å². The van der Waals surface area contributed by atoms with Gasteiger partial charge in [0.1, 0.15) is 0 Å². The van der Waals surface area contributed by atoms with Crippen LogP contribution in [0, 0.1) is 5.82 Å². The number of halogens is 1. The molecule has 1 aromatic heterocycles. The maximum absolute atomic E-state index is 12.5. The Hall–Kier alpha value is -2.17. The molecule has 2 aromatic rings. The second-order valence-corrected chi connectivity index (χ2v) is 2.75. The van der Waals surface area contributed by atoms with Crippen LogP contribution in [0.5, 0.6) is 17.5 Å². The number of ether oxygens (including phenoxy) is 1. The smallest absolute Gasteiger partial charge is 0.322 e. The molecule has 0 atom stereocenters. The molecule has 2 rings (SSSR count). The van der Waals surface area contributed by atoms with Gasteiger partial charge >= 0.3 is 6.01 Å². The van der Waals surface area contributed by atoms with Gasteiger partial charge in [-0.25, -0.2) is 14.4 Å². The maximum atomic E-state index is 12.5. The van der Waals surface area contributed by atoms with E-state index in [-0.39, 0.29) is 17.5 Å². The molecule has 0 bridgehead atoms. The molecule has 0 radical (unpaired) electrons. The molecule has 1 heterocycles. The van der Waals surface area contributed by atoms with Crippen LogP contribution in [0.4, 0.5) is 4.39 Å². The van der Waals surface area contributed by atoms with E-state index in [2.05, 4.69) is 9.97 Å². The minimum atomic E-state index is -0.542. The first-order valence-corrected chi connectivity index (χ1v) is 4.19. The quantitative estimate of drug-likeness (QED) is 0.817. The van der Waals surface area contributed by atoms with Crippen molar-refractivity contribution in [3.05, 3.63) is 42.5 Å². The summed E-state index contributed by atoms with van der Waals surface area (Å²) < 4.78 is 17.6. The second-order valence-electron chi connectivity index (χ2n) is 2.75. The van der Waals surface area contributed by atoms with Crippen LogP contribution in [0.1, 0.15) is 0 Å². The lowest BCUT2D eigenvalue weighted by atomic mass is 10.3. The third-order valence-electron chi connectivity index (χ3n) is 1.66. The molecule has 0 amide bonds. The lowest BCUT2D eigenvalue weighted by molar-refractivity contribution is 0.390. The molecule has 15 heavy (non-hydrogen) atoms. The molecule has 0 aliphatic rings. The van der Waals surface area contributed by atoms with E-state index in [4.69, 9.17) is 4.74 Å². The van der Waals surface area contributed by atoms with E-state index in [1.165, 1.54) is 6.07 Å². The first kappa shape index (κ1) is 9.39. The number of rotatable bonds is 2. The first-order chi connectivity index (χ1) is 7.25. The van der Waals surface area contributed by atoms with Gasteiger partial charge in [0.2, 0.25) is 0 Å². The molecule has 4 nitrogen and oxygen atoms in total. The van der Waals surface area contributed by atoms with Gasteiger partial charge in [-0.3, -0.25) is 0 Å². The fourth-order valence-electron chi connectivity index (χ4n) is 0.995. The third-order valence-corrected chi connectivity index (χ3v) is 1.66. The normalized spacial score (nSPS) is 9.93. The summed E-state index contributed by atoms with van der Waals surface area (Å²) in [4.78, 5) is 7.19. The molecule has 0 saturated carbocycles. The molecule has 5 heteroatoms. The number of aromatic nitrogens is 2. The largest absolute Gasteiger partial charge is 0.504 e. The number of hydrogen-bond acceptors (Lipinski definition) is 4. The Morgan fingerprint density at radius 2 is 1.80 bits per heavy atom. The van der Waals surface area contributed by atoms with E-state index in [9.17, 15) is 9.50 Å². The van der Waals surface area contributed by atoms with Crippen LogP contribution in [-0.4, -0.2) is 15.1 Å². The van der Waals surface area contributed by atoms with Crippen molar-refractivity contribution in [2.45, 2.75) is 0 Å². The van der Waals surface area contributed by atoms with Crippen LogP contribution in [0.2, 0.25) is 0 Å². The molecular formula is C10H7FN2O2. The highest BCUT2D eigenvalue weighted by Crippen LogP contribution is 2.27. The SMILES string of the molecule is Oc1ccccc1Oc1ncc(F)cn1. The van der Waals surface area contributed by atoms with E-state index >= 15 is 0 Å². The van der Waals surface area contributed by atoms with E-state index in [1.807, 2.05) is 0 Å². The average molecular weight is 206 g/mol. The molecule has 76 valence electrons. The first-order valence-electron chi connectivity index (χ1n) is 4.19. The van der Waals surface area contributed by atoms with Crippen molar-refractivity contribution in [2.75, 3.05) is 0 Å². The average Bonchev–Trinajstić information content (AvgIpc) is 2.25. The predicted octanol–water partition coefficient (Wildman–Crippen LogP) is 2.11. The van der Waals surface area contributed by atoms with Gasteiger partial charge in [-0.2, -0.15) is 0 Å². The monoisotopic (exact) mass is 206 g/mol. The Morgan fingerprint density at radius 3 is 2.47 bits per heavy atom. The summed E-state index contributed by atoms with van der Waals surface area (Å²) in [5, 5.41) is 9.37. The maximum Gasteiger partial charge on any atom is 0.322 e. The second kappa shape index (κ2) is 3.91. The molecule has 1 N–H and O–H groups in total. The van der Waals surface area contributed by atoms with Crippen molar-refractivity contribution in [2.24, 2.45) is 0 Å². The van der Waals surface area contributed by atoms with E-state index in [0.717, 1.165) is 12.4 Å². The summed E-state index contributed by atoms with van der Waals surface area (Å²) in [6, 6.07) is 6.37. The molecule has 0 spiro atoms. The highest BCUT2D eigenvalue weighted by atomic mass is 19.1. The zero-order chi connectivity index (χ0) is 10.7. The summed E-state index contributed by atoms with van der Waals surface area (Å²) in [5.74, 6) is -0.339. The van der Waals surface area contributed by atoms with Crippen molar-refractivity contribution >= 4 is 0 Å². The molecule has 0 fully saturated rings. The topological polar surface area (TPSA) is 55.2 Å². The van der Waals surface area contributed by atoms with Crippen molar-refractivity contribution in [3.8, 4) is 17.5 Å².